The molecule has 0 heterocycles. The first-order valence-electron chi connectivity index (χ1n) is 8.59. The Kier molecular flexibility index (Phi) is 7.55. The lowest BCUT2D eigenvalue weighted by Crippen LogP contribution is -2.25. The first-order chi connectivity index (χ1) is 11.9. The zero-order valence-electron chi connectivity index (χ0n) is 14.1. The van der Waals surface area contributed by atoms with Crippen molar-refractivity contribution in [2.45, 2.75) is 57.3 Å². The van der Waals surface area contributed by atoms with Crippen LogP contribution in [0.2, 0.25) is 0 Å². The van der Waals surface area contributed by atoms with E-state index in [0.29, 0.717) is 6.54 Å². The van der Waals surface area contributed by atoms with E-state index in [1.165, 1.54) is 19.3 Å². The van der Waals surface area contributed by atoms with Crippen molar-refractivity contribution in [2.75, 3.05) is 13.2 Å². The first kappa shape index (κ1) is 19.6. The Bertz CT molecular complexity index is 525. The fourth-order valence-electron chi connectivity index (χ4n) is 2.70. The van der Waals surface area contributed by atoms with Crippen molar-refractivity contribution in [1.29, 1.82) is 0 Å². The number of carbonyl (C=O) groups excluding carboxylic acids is 1. The summed E-state index contributed by atoms with van der Waals surface area (Å²) in [6.45, 7) is -1.26. The number of ether oxygens (including phenoxy) is 2. The van der Waals surface area contributed by atoms with E-state index in [1.54, 1.807) is 0 Å². The number of alkyl halides is 3. The quantitative estimate of drug-likeness (QED) is 0.714. The topological polar surface area (TPSA) is 47.6 Å². The van der Waals surface area contributed by atoms with Crippen LogP contribution in [0.15, 0.2) is 24.3 Å². The Morgan fingerprint density at radius 3 is 2.44 bits per heavy atom. The SMILES string of the molecule is O=C(CCOCC(F)(F)F)NCc1ccc(OC2CCCCC2)cc1. The predicted molar refractivity (Wildman–Crippen MR) is 87.3 cm³/mol. The number of rotatable bonds is 8. The Morgan fingerprint density at radius 1 is 1.12 bits per heavy atom. The average Bonchev–Trinajstić information content (AvgIpc) is 2.58. The molecule has 0 unspecified atom stereocenters. The molecule has 1 amide bonds. The van der Waals surface area contributed by atoms with Crippen LogP contribution in [0.4, 0.5) is 13.2 Å². The summed E-state index contributed by atoms with van der Waals surface area (Å²) in [6, 6.07) is 7.50. The number of halogens is 3. The second-order valence-electron chi connectivity index (χ2n) is 6.22. The third-order valence-electron chi connectivity index (χ3n) is 4.01. The second kappa shape index (κ2) is 9.65. The van der Waals surface area contributed by atoms with Crippen molar-refractivity contribution in [3.8, 4) is 5.75 Å². The molecule has 1 aromatic carbocycles. The van der Waals surface area contributed by atoms with Crippen molar-refractivity contribution < 1.29 is 27.4 Å². The third kappa shape index (κ3) is 8.25. The fourth-order valence-corrected chi connectivity index (χ4v) is 2.70. The highest BCUT2D eigenvalue weighted by molar-refractivity contribution is 5.75. The van der Waals surface area contributed by atoms with Gasteiger partial charge in [0.05, 0.1) is 12.7 Å². The standard InChI is InChI=1S/C18H24F3NO3/c19-18(20,21)13-24-11-10-17(23)22-12-14-6-8-16(9-7-14)25-15-4-2-1-3-5-15/h6-9,15H,1-5,10-13H2,(H,22,23). The van der Waals surface area contributed by atoms with Gasteiger partial charge in [0.25, 0.3) is 0 Å². The molecule has 1 N–H and O–H groups in total. The molecule has 2 rings (SSSR count). The smallest absolute Gasteiger partial charge is 0.411 e. The first-order valence-corrected chi connectivity index (χ1v) is 8.59. The summed E-state index contributed by atoms with van der Waals surface area (Å²) in [5.74, 6) is 0.479. The van der Waals surface area contributed by atoms with Gasteiger partial charge in [0, 0.05) is 13.0 Å². The molecule has 1 aromatic rings. The number of amides is 1. The molecule has 0 saturated heterocycles. The lowest BCUT2D eigenvalue weighted by molar-refractivity contribution is -0.174. The van der Waals surface area contributed by atoms with E-state index >= 15 is 0 Å². The fraction of sp³-hybridized carbons (Fsp3) is 0.611. The van der Waals surface area contributed by atoms with Crippen LogP contribution in [-0.4, -0.2) is 31.4 Å². The molecule has 140 valence electrons. The van der Waals surface area contributed by atoms with Crippen molar-refractivity contribution >= 4 is 5.91 Å². The lowest BCUT2D eigenvalue weighted by atomic mass is 9.98. The lowest BCUT2D eigenvalue weighted by Gasteiger charge is -2.23. The van der Waals surface area contributed by atoms with Gasteiger partial charge in [0.15, 0.2) is 0 Å². The predicted octanol–water partition coefficient (Wildman–Crippen LogP) is 3.98. The molecule has 0 spiro atoms. The Labute approximate surface area is 145 Å². The van der Waals surface area contributed by atoms with Crippen LogP contribution in [0, 0.1) is 0 Å². The minimum Gasteiger partial charge on any atom is -0.490 e. The van der Waals surface area contributed by atoms with E-state index in [-0.39, 0.29) is 25.0 Å². The number of benzene rings is 1. The van der Waals surface area contributed by atoms with E-state index < -0.39 is 12.8 Å². The molecular formula is C18H24F3NO3. The zero-order valence-corrected chi connectivity index (χ0v) is 14.1. The number of hydrogen-bond donors (Lipinski definition) is 1. The van der Waals surface area contributed by atoms with Gasteiger partial charge in [-0.15, -0.1) is 0 Å². The summed E-state index contributed by atoms with van der Waals surface area (Å²) in [7, 11) is 0. The van der Waals surface area contributed by atoms with E-state index in [0.717, 1.165) is 24.2 Å². The third-order valence-corrected chi connectivity index (χ3v) is 4.01. The normalized spacial score (nSPS) is 15.8. The summed E-state index contributed by atoms with van der Waals surface area (Å²) in [4.78, 5) is 11.6. The molecule has 0 atom stereocenters. The van der Waals surface area contributed by atoms with Crippen molar-refractivity contribution in [3.63, 3.8) is 0 Å². The summed E-state index contributed by atoms with van der Waals surface area (Å²) >= 11 is 0. The maximum atomic E-state index is 11.9. The van der Waals surface area contributed by atoms with Gasteiger partial charge in [-0.05, 0) is 43.4 Å². The van der Waals surface area contributed by atoms with Crippen LogP contribution in [0.3, 0.4) is 0 Å². The van der Waals surface area contributed by atoms with E-state index in [1.807, 2.05) is 24.3 Å². The number of carbonyl (C=O) groups is 1. The highest BCUT2D eigenvalue weighted by Gasteiger charge is 2.27. The molecule has 0 aliphatic heterocycles. The average molecular weight is 359 g/mol. The molecule has 0 aromatic heterocycles. The Hall–Kier alpha value is -1.76. The molecule has 1 fully saturated rings. The van der Waals surface area contributed by atoms with Crippen LogP contribution < -0.4 is 10.1 Å². The summed E-state index contributed by atoms with van der Waals surface area (Å²) in [6.07, 6.45) is 1.71. The molecule has 7 heteroatoms. The van der Waals surface area contributed by atoms with Gasteiger partial charge in [-0.2, -0.15) is 13.2 Å². The second-order valence-corrected chi connectivity index (χ2v) is 6.22. The highest BCUT2D eigenvalue weighted by atomic mass is 19.4. The van der Waals surface area contributed by atoms with Gasteiger partial charge in [-0.3, -0.25) is 4.79 Å². The van der Waals surface area contributed by atoms with Crippen molar-refractivity contribution in [2.24, 2.45) is 0 Å². The maximum absolute atomic E-state index is 11.9. The van der Waals surface area contributed by atoms with E-state index in [9.17, 15) is 18.0 Å². The zero-order chi connectivity index (χ0) is 18.1. The Morgan fingerprint density at radius 2 is 1.80 bits per heavy atom. The molecule has 1 aliphatic carbocycles. The maximum Gasteiger partial charge on any atom is 0.411 e. The summed E-state index contributed by atoms with van der Waals surface area (Å²) < 4.78 is 46.0. The monoisotopic (exact) mass is 359 g/mol. The summed E-state index contributed by atoms with van der Waals surface area (Å²) in [5, 5.41) is 2.66. The van der Waals surface area contributed by atoms with Gasteiger partial charge in [0.1, 0.15) is 12.4 Å². The molecular weight excluding hydrogens is 335 g/mol. The molecule has 25 heavy (non-hydrogen) atoms. The van der Waals surface area contributed by atoms with Gasteiger partial charge >= 0.3 is 6.18 Å². The van der Waals surface area contributed by atoms with E-state index in [2.05, 4.69) is 10.1 Å². The van der Waals surface area contributed by atoms with Crippen LogP contribution >= 0.6 is 0 Å². The number of hydrogen-bond acceptors (Lipinski definition) is 3. The van der Waals surface area contributed by atoms with Crippen molar-refractivity contribution in [1.82, 2.24) is 5.32 Å². The van der Waals surface area contributed by atoms with Gasteiger partial charge in [0.2, 0.25) is 5.91 Å². The van der Waals surface area contributed by atoms with Crippen molar-refractivity contribution in [3.05, 3.63) is 29.8 Å². The molecule has 1 saturated carbocycles. The minimum absolute atomic E-state index is 0.0983. The van der Waals surface area contributed by atoms with Gasteiger partial charge in [-0.25, -0.2) is 0 Å². The largest absolute Gasteiger partial charge is 0.490 e. The van der Waals surface area contributed by atoms with E-state index in [4.69, 9.17) is 4.74 Å². The highest BCUT2D eigenvalue weighted by Crippen LogP contribution is 2.23. The molecule has 0 radical (unpaired) electrons. The minimum atomic E-state index is -4.36. The molecule has 4 nitrogen and oxygen atoms in total. The van der Waals surface area contributed by atoms with Gasteiger partial charge in [-0.1, -0.05) is 18.6 Å². The molecule has 0 bridgehead atoms. The number of nitrogens with one attached hydrogen (secondary N) is 1. The van der Waals surface area contributed by atoms with Crippen LogP contribution in [-0.2, 0) is 16.1 Å². The summed E-state index contributed by atoms with van der Waals surface area (Å²) in [5.41, 5.74) is 0.903. The van der Waals surface area contributed by atoms with Gasteiger partial charge < -0.3 is 14.8 Å². The molecule has 1 aliphatic rings. The van der Waals surface area contributed by atoms with Crippen LogP contribution in [0.25, 0.3) is 0 Å². The Balaban J connectivity index is 1.64. The van der Waals surface area contributed by atoms with Crippen LogP contribution in [0.1, 0.15) is 44.1 Å². The van der Waals surface area contributed by atoms with Crippen LogP contribution in [0.5, 0.6) is 5.75 Å².